The molecule has 0 aromatic rings. The maximum atomic E-state index is 12.6. The minimum Gasteiger partial charge on any atom is -0.491 e. The van der Waals surface area contributed by atoms with Crippen molar-refractivity contribution in [3.05, 3.63) is 12.2 Å². The Balaban J connectivity index is 5.84. The van der Waals surface area contributed by atoms with Crippen molar-refractivity contribution in [1.82, 2.24) is 0 Å². The Bertz CT molecular complexity index is 631. The molecule has 0 aliphatic carbocycles. The molecule has 0 aliphatic heterocycles. The molecule has 0 heterocycles. The molecule has 0 unspecified atom stereocenters. The highest BCUT2D eigenvalue weighted by Gasteiger charge is 2.51. The largest absolute Gasteiger partial charge is 0.491 e. The van der Waals surface area contributed by atoms with Crippen LogP contribution in [0.2, 0.25) is 71.0 Å². The lowest BCUT2D eigenvalue weighted by Gasteiger charge is -2.43. The van der Waals surface area contributed by atoms with E-state index < -0.39 is 42.6 Å². The molecule has 0 spiro atoms. The highest BCUT2D eigenvalue weighted by atomic mass is 28.5. The number of rotatable bonds is 14. The fourth-order valence-electron chi connectivity index (χ4n) is 4.20. The van der Waals surface area contributed by atoms with Gasteiger partial charge in [0.1, 0.15) is 0 Å². The minimum atomic E-state index is -2.90. The van der Waals surface area contributed by atoms with E-state index in [0.717, 1.165) is 12.1 Å². The Kier molecular flexibility index (Phi) is 11.8. The first kappa shape index (κ1) is 32.1. The van der Waals surface area contributed by atoms with E-state index in [4.69, 9.17) is 20.9 Å². The zero-order valence-electron chi connectivity index (χ0n) is 23.2. The van der Waals surface area contributed by atoms with Crippen LogP contribution in [0.5, 0.6) is 0 Å². The summed E-state index contributed by atoms with van der Waals surface area (Å²) in [6.07, 6.45) is 0. The van der Waals surface area contributed by atoms with Crippen molar-refractivity contribution in [3.63, 3.8) is 0 Å². The van der Waals surface area contributed by atoms with Crippen molar-refractivity contribution in [2.45, 2.75) is 106 Å². The van der Waals surface area contributed by atoms with Crippen LogP contribution in [0.3, 0.4) is 0 Å². The Labute approximate surface area is 203 Å². The first-order chi connectivity index (χ1) is 14.0. The van der Waals surface area contributed by atoms with Gasteiger partial charge in [-0.1, -0.05) is 34.3 Å². The summed E-state index contributed by atoms with van der Waals surface area (Å²) in [5.74, 6) is 0.301. The Morgan fingerprint density at radius 2 is 1.03 bits per heavy atom. The molecule has 0 fully saturated rings. The maximum Gasteiger partial charge on any atom is 0.393 e. The summed E-state index contributed by atoms with van der Waals surface area (Å²) in [6.45, 7) is 32.9. The van der Waals surface area contributed by atoms with Crippen molar-refractivity contribution >= 4 is 48.5 Å². The maximum absolute atomic E-state index is 12.6. The molecule has 0 bridgehead atoms. The molecule has 0 amide bonds. The first-order valence-corrected chi connectivity index (χ1v) is 25.8. The van der Waals surface area contributed by atoms with Gasteiger partial charge >= 0.3 is 40.2 Å². The van der Waals surface area contributed by atoms with E-state index in [1.807, 2.05) is 13.1 Å². The monoisotopic (exact) mass is 538 g/mol. The van der Waals surface area contributed by atoms with Crippen molar-refractivity contribution in [3.8, 4) is 0 Å². The summed E-state index contributed by atoms with van der Waals surface area (Å²) in [4.78, 5) is 12.6. The van der Waals surface area contributed by atoms with Gasteiger partial charge in [0.15, 0.2) is 8.32 Å². The molecule has 0 radical (unpaired) electrons. The molecule has 0 rings (SSSR count). The smallest absolute Gasteiger partial charge is 0.393 e. The average molecular weight is 539 g/mol. The summed E-state index contributed by atoms with van der Waals surface area (Å²) in [5, 5.41) is 0. The predicted molar refractivity (Wildman–Crippen MR) is 146 cm³/mol. The van der Waals surface area contributed by atoms with Gasteiger partial charge in [-0.3, -0.25) is 0 Å². The van der Waals surface area contributed by atoms with Crippen LogP contribution >= 0.6 is 0 Å². The summed E-state index contributed by atoms with van der Waals surface area (Å²) in [6, 6.07) is 1.46. The van der Waals surface area contributed by atoms with Crippen molar-refractivity contribution in [2.24, 2.45) is 11.8 Å². The zero-order chi connectivity index (χ0) is 25.8. The number of hydrogen-bond donors (Lipinski definition) is 0. The van der Waals surface area contributed by atoms with Crippen molar-refractivity contribution in [2.75, 3.05) is 0 Å². The molecule has 0 saturated heterocycles. The molecule has 0 aromatic carbocycles. The Morgan fingerprint density at radius 1 is 0.688 bits per heavy atom. The molecule has 0 aromatic heterocycles. The molecular formula is C21H50O6Si5. The van der Waals surface area contributed by atoms with Gasteiger partial charge in [0.2, 0.25) is 0 Å². The summed E-state index contributed by atoms with van der Waals surface area (Å²) in [7, 11) is -12.2. The number of carbonyl (C=O) groups excluding carboxylic acids is 1. The zero-order valence-corrected chi connectivity index (χ0v) is 28.2. The normalized spacial score (nSPS) is 14.2. The van der Waals surface area contributed by atoms with E-state index in [1.54, 1.807) is 6.92 Å². The summed E-state index contributed by atoms with van der Waals surface area (Å²) >= 11 is 0. The van der Waals surface area contributed by atoms with Gasteiger partial charge in [-0.2, -0.15) is 0 Å². The van der Waals surface area contributed by atoms with E-state index >= 15 is 0 Å². The Hall–Kier alpha value is 0.134. The lowest BCUT2D eigenvalue weighted by Crippen LogP contribution is -2.60. The molecule has 11 heteroatoms. The van der Waals surface area contributed by atoms with Crippen LogP contribution < -0.4 is 0 Å². The van der Waals surface area contributed by atoms with Crippen molar-refractivity contribution in [1.29, 1.82) is 0 Å². The first-order valence-electron chi connectivity index (χ1n) is 11.7. The lowest BCUT2D eigenvalue weighted by molar-refractivity contribution is -0.132. The van der Waals surface area contributed by atoms with Crippen LogP contribution in [-0.4, -0.2) is 48.5 Å². The van der Waals surface area contributed by atoms with Crippen LogP contribution in [0, 0.1) is 11.8 Å². The number of hydrogen-bond acceptors (Lipinski definition) is 6. The fourth-order valence-corrected chi connectivity index (χ4v) is 28.9. The molecular weight excluding hydrogens is 489 g/mol. The van der Waals surface area contributed by atoms with E-state index in [-0.39, 0.29) is 5.97 Å². The van der Waals surface area contributed by atoms with Crippen LogP contribution in [0.15, 0.2) is 12.2 Å². The summed E-state index contributed by atoms with van der Waals surface area (Å²) < 4.78 is 32.5. The van der Waals surface area contributed by atoms with Gasteiger partial charge in [-0.15, -0.1) is 0 Å². The molecule has 0 N–H and O–H groups in total. The highest BCUT2D eigenvalue weighted by molar-refractivity contribution is 6.90. The highest BCUT2D eigenvalue weighted by Crippen LogP contribution is 2.33. The van der Waals surface area contributed by atoms with E-state index in [9.17, 15) is 4.79 Å². The summed E-state index contributed by atoms with van der Waals surface area (Å²) in [5.41, 5.74) is 0.396. The second-order valence-electron chi connectivity index (χ2n) is 12.0. The van der Waals surface area contributed by atoms with Crippen LogP contribution in [0.1, 0.15) is 34.6 Å². The predicted octanol–water partition coefficient (Wildman–Crippen LogP) is 6.87. The SMILES string of the molecule is C=C(C)C(=O)O[Si](CC(C)C)(CC(C)C)O[Si](C)(C)O[Si](C)(C)O[Si](C)(C)O[Si](C)(C)C. The van der Waals surface area contributed by atoms with Crippen LogP contribution in [0.25, 0.3) is 0 Å². The lowest BCUT2D eigenvalue weighted by atomic mass is 10.3. The van der Waals surface area contributed by atoms with Crippen LogP contribution in [-0.2, 0) is 25.7 Å². The standard InChI is InChI=1S/C21H50O6Si5/c1-18(2)16-32(17-19(3)4,23-21(22)20(5)6)27-31(14,15)26-30(12,13)25-29(10,11)24-28(7,8)9/h18-19H,5,16-17H2,1-4,6-15H3. The molecule has 0 saturated carbocycles. The molecule has 0 aliphatic rings. The fraction of sp³-hybridized carbons (Fsp3) is 0.857. The van der Waals surface area contributed by atoms with Gasteiger partial charge in [0.05, 0.1) is 0 Å². The quantitative estimate of drug-likeness (QED) is 0.178. The van der Waals surface area contributed by atoms with Gasteiger partial charge in [-0.25, -0.2) is 4.79 Å². The molecule has 6 nitrogen and oxygen atoms in total. The van der Waals surface area contributed by atoms with Gasteiger partial charge in [-0.05, 0) is 77.7 Å². The second kappa shape index (κ2) is 11.7. The van der Waals surface area contributed by atoms with E-state index in [1.165, 1.54) is 0 Å². The van der Waals surface area contributed by atoms with Crippen LogP contribution in [0.4, 0.5) is 0 Å². The van der Waals surface area contributed by atoms with Gasteiger partial charge < -0.3 is 20.9 Å². The third kappa shape index (κ3) is 13.7. The van der Waals surface area contributed by atoms with Crippen molar-refractivity contribution < 1.29 is 25.7 Å². The minimum absolute atomic E-state index is 0.334. The average Bonchev–Trinajstić information content (AvgIpc) is 2.37. The van der Waals surface area contributed by atoms with E-state index in [2.05, 4.69) is 80.1 Å². The molecule has 32 heavy (non-hydrogen) atoms. The van der Waals surface area contributed by atoms with E-state index in [0.29, 0.717) is 17.4 Å². The second-order valence-corrected chi connectivity index (χ2v) is 30.7. The third-order valence-electron chi connectivity index (χ3n) is 4.03. The van der Waals surface area contributed by atoms with Gasteiger partial charge in [0.25, 0.3) is 0 Å². The Morgan fingerprint density at radius 3 is 1.34 bits per heavy atom. The molecule has 0 atom stereocenters. The topological polar surface area (TPSA) is 63.2 Å². The number of carbonyl (C=O) groups is 1. The molecule has 190 valence electrons. The van der Waals surface area contributed by atoms with Gasteiger partial charge in [0, 0.05) is 17.7 Å². The third-order valence-corrected chi connectivity index (χ3v) is 23.2.